The third-order valence-electron chi connectivity index (χ3n) is 3.75. The lowest BCUT2D eigenvalue weighted by atomic mass is 10.1. The van der Waals surface area contributed by atoms with Gasteiger partial charge in [0.15, 0.2) is 5.76 Å². The standard InChI is InChI=1S/C18H14N2O3/c1-22-12-6-7-13(16(21)9-12)14-10-15(20-19-14)18-8-11-4-2-3-5-17(11)23-18/h2-10,21H,1H3,(H,19,20). The van der Waals surface area contributed by atoms with Gasteiger partial charge in [-0.05, 0) is 30.3 Å². The van der Waals surface area contributed by atoms with Crippen molar-refractivity contribution >= 4 is 11.0 Å². The van der Waals surface area contributed by atoms with E-state index >= 15 is 0 Å². The molecule has 5 nitrogen and oxygen atoms in total. The van der Waals surface area contributed by atoms with Gasteiger partial charge in [0.05, 0.1) is 12.8 Å². The smallest absolute Gasteiger partial charge is 0.153 e. The molecule has 114 valence electrons. The molecular formula is C18H14N2O3. The van der Waals surface area contributed by atoms with Gasteiger partial charge in [0, 0.05) is 17.0 Å². The lowest BCUT2D eigenvalue weighted by Gasteiger charge is -2.03. The lowest BCUT2D eigenvalue weighted by molar-refractivity contribution is 0.408. The first kappa shape index (κ1) is 13.5. The number of nitrogens with zero attached hydrogens (tertiary/aromatic N) is 1. The predicted molar refractivity (Wildman–Crippen MR) is 87.4 cm³/mol. The minimum absolute atomic E-state index is 0.118. The maximum absolute atomic E-state index is 10.1. The summed E-state index contributed by atoms with van der Waals surface area (Å²) in [4.78, 5) is 0. The van der Waals surface area contributed by atoms with Crippen molar-refractivity contribution < 1.29 is 14.3 Å². The molecule has 4 aromatic rings. The number of methoxy groups -OCH3 is 1. The number of ether oxygens (including phenoxy) is 1. The van der Waals surface area contributed by atoms with Gasteiger partial charge >= 0.3 is 0 Å². The van der Waals surface area contributed by atoms with E-state index in [1.54, 1.807) is 25.3 Å². The number of furan rings is 1. The van der Waals surface area contributed by atoms with Crippen LogP contribution in [0.5, 0.6) is 11.5 Å². The van der Waals surface area contributed by atoms with Crippen LogP contribution in [-0.2, 0) is 0 Å². The van der Waals surface area contributed by atoms with Crippen LogP contribution in [0.4, 0.5) is 0 Å². The molecule has 0 atom stereocenters. The molecule has 5 heteroatoms. The summed E-state index contributed by atoms with van der Waals surface area (Å²) in [6.07, 6.45) is 0. The number of H-pyrrole nitrogens is 1. The number of benzene rings is 2. The van der Waals surface area contributed by atoms with Gasteiger partial charge in [-0.15, -0.1) is 0 Å². The van der Waals surface area contributed by atoms with Gasteiger partial charge in [-0.2, -0.15) is 5.10 Å². The molecule has 0 bridgehead atoms. The first-order valence-corrected chi connectivity index (χ1v) is 7.16. The van der Waals surface area contributed by atoms with Crippen LogP contribution in [-0.4, -0.2) is 22.4 Å². The summed E-state index contributed by atoms with van der Waals surface area (Å²) in [7, 11) is 1.56. The molecular weight excluding hydrogens is 292 g/mol. The minimum atomic E-state index is 0.118. The number of hydrogen-bond acceptors (Lipinski definition) is 4. The number of phenolic OH excluding ortho intramolecular Hbond substituents is 1. The zero-order valence-electron chi connectivity index (χ0n) is 12.4. The van der Waals surface area contributed by atoms with Gasteiger partial charge in [0.25, 0.3) is 0 Å². The summed E-state index contributed by atoms with van der Waals surface area (Å²) >= 11 is 0. The fourth-order valence-corrected chi connectivity index (χ4v) is 2.56. The second kappa shape index (κ2) is 5.21. The topological polar surface area (TPSA) is 71.3 Å². The maximum atomic E-state index is 10.1. The Balaban J connectivity index is 1.74. The highest BCUT2D eigenvalue weighted by Gasteiger charge is 2.13. The number of fused-ring (bicyclic) bond motifs is 1. The Morgan fingerprint density at radius 3 is 2.74 bits per heavy atom. The van der Waals surface area contributed by atoms with E-state index in [4.69, 9.17) is 9.15 Å². The monoisotopic (exact) mass is 306 g/mol. The fraction of sp³-hybridized carbons (Fsp3) is 0.0556. The van der Waals surface area contributed by atoms with Crippen LogP contribution in [0.15, 0.2) is 59.0 Å². The van der Waals surface area contributed by atoms with E-state index in [1.165, 1.54) is 0 Å². The zero-order valence-corrected chi connectivity index (χ0v) is 12.4. The van der Waals surface area contributed by atoms with Crippen molar-refractivity contribution in [3.63, 3.8) is 0 Å². The number of phenols is 1. The van der Waals surface area contributed by atoms with Crippen LogP contribution >= 0.6 is 0 Å². The molecule has 0 radical (unpaired) electrons. The molecule has 0 aliphatic heterocycles. The van der Waals surface area contributed by atoms with Crippen molar-refractivity contribution in [2.24, 2.45) is 0 Å². The van der Waals surface area contributed by atoms with Crippen LogP contribution in [0.2, 0.25) is 0 Å². The average Bonchev–Trinajstić information content (AvgIpc) is 3.21. The second-order valence-corrected chi connectivity index (χ2v) is 5.20. The van der Waals surface area contributed by atoms with Crippen molar-refractivity contribution in [3.8, 4) is 34.2 Å². The Labute approximate surface area is 132 Å². The van der Waals surface area contributed by atoms with Crippen molar-refractivity contribution in [3.05, 3.63) is 54.6 Å². The summed E-state index contributed by atoms with van der Waals surface area (Å²) in [6.45, 7) is 0. The SMILES string of the molecule is COc1ccc(-c2cc(-c3cc4ccccc4o3)[nH]n2)c(O)c1. The van der Waals surface area contributed by atoms with Crippen LogP contribution < -0.4 is 4.74 Å². The number of aromatic nitrogens is 2. The summed E-state index contributed by atoms with van der Waals surface area (Å²) in [5.74, 6) is 1.42. The molecule has 2 N–H and O–H groups in total. The van der Waals surface area contributed by atoms with Gasteiger partial charge < -0.3 is 14.3 Å². The molecule has 0 unspecified atom stereocenters. The Kier molecular flexibility index (Phi) is 3.05. The summed E-state index contributed by atoms with van der Waals surface area (Å²) in [5.41, 5.74) is 2.85. The third kappa shape index (κ3) is 2.32. The molecule has 0 aliphatic carbocycles. The molecule has 2 aromatic heterocycles. The Morgan fingerprint density at radius 1 is 1.09 bits per heavy atom. The van der Waals surface area contributed by atoms with Gasteiger partial charge in [-0.3, -0.25) is 5.10 Å². The second-order valence-electron chi connectivity index (χ2n) is 5.20. The minimum Gasteiger partial charge on any atom is -0.507 e. The Hall–Kier alpha value is -3.21. The molecule has 0 aliphatic rings. The molecule has 0 fully saturated rings. The molecule has 2 heterocycles. The van der Waals surface area contributed by atoms with Crippen LogP contribution in [0.25, 0.3) is 33.7 Å². The van der Waals surface area contributed by atoms with Crippen LogP contribution in [0, 0.1) is 0 Å². The molecule has 0 saturated heterocycles. The third-order valence-corrected chi connectivity index (χ3v) is 3.75. The van der Waals surface area contributed by atoms with E-state index in [-0.39, 0.29) is 5.75 Å². The Bertz CT molecular complexity index is 952. The number of nitrogens with one attached hydrogen (secondary N) is 1. The Morgan fingerprint density at radius 2 is 1.96 bits per heavy atom. The summed E-state index contributed by atoms with van der Waals surface area (Å²) in [5, 5.41) is 18.4. The predicted octanol–water partition coefficient (Wildman–Crippen LogP) is 4.20. The lowest BCUT2D eigenvalue weighted by Crippen LogP contribution is -1.84. The summed E-state index contributed by atoms with van der Waals surface area (Å²) < 4.78 is 10.9. The normalized spacial score (nSPS) is 11.0. The largest absolute Gasteiger partial charge is 0.507 e. The zero-order chi connectivity index (χ0) is 15.8. The van der Waals surface area contributed by atoms with Crippen molar-refractivity contribution in [1.82, 2.24) is 10.2 Å². The van der Waals surface area contributed by atoms with Crippen molar-refractivity contribution in [2.75, 3.05) is 7.11 Å². The highest BCUT2D eigenvalue weighted by atomic mass is 16.5. The van der Waals surface area contributed by atoms with E-state index in [0.717, 1.165) is 16.7 Å². The van der Waals surface area contributed by atoms with Crippen molar-refractivity contribution in [1.29, 1.82) is 0 Å². The molecule has 23 heavy (non-hydrogen) atoms. The number of hydrogen-bond donors (Lipinski definition) is 2. The molecule has 0 amide bonds. The van der Waals surface area contributed by atoms with Crippen molar-refractivity contribution in [2.45, 2.75) is 0 Å². The highest BCUT2D eigenvalue weighted by molar-refractivity contribution is 5.82. The van der Waals surface area contributed by atoms with Gasteiger partial charge in [0.1, 0.15) is 22.8 Å². The molecule has 0 saturated carbocycles. The van der Waals surface area contributed by atoms with E-state index in [9.17, 15) is 5.11 Å². The van der Waals surface area contributed by atoms with E-state index in [1.807, 2.05) is 36.4 Å². The number of aromatic hydroxyl groups is 1. The first-order chi connectivity index (χ1) is 11.2. The fourth-order valence-electron chi connectivity index (χ4n) is 2.56. The molecule has 2 aromatic carbocycles. The maximum Gasteiger partial charge on any atom is 0.153 e. The van der Waals surface area contributed by atoms with Gasteiger partial charge in [-0.25, -0.2) is 0 Å². The van der Waals surface area contributed by atoms with Gasteiger partial charge in [-0.1, -0.05) is 18.2 Å². The number of para-hydroxylation sites is 1. The van der Waals surface area contributed by atoms with Crippen LogP contribution in [0.1, 0.15) is 0 Å². The quantitative estimate of drug-likeness (QED) is 0.595. The highest BCUT2D eigenvalue weighted by Crippen LogP contribution is 2.34. The van der Waals surface area contributed by atoms with E-state index < -0.39 is 0 Å². The van der Waals surface area contributed by atoms with E-state index in [0.29, 0.717) is 22.8 Å². The number of aromatic amines is 1. The van der Waals surface area contributed by atoms with Crippen LogP contribution in [0.3, 0.4) is 0 Å². The summed E-state index contributed by atoms with van der Waals surface area (Å²) in [6, 6.07) is 16.7. The first-order valence-electron chi connectivity index (χ1n) is 7.16. The molecule has 4 rings (SSSR count). The van der Waals surface area contributed by atoms with E-state index in [2.05, 4.69) is 10.2 Å². The van der Waals surface area contributed by atoms with Gasteiger partial charge in [0.2, 0.25) is 0 Å². The molecule has 0 spiro atoms. The number of rotatable bonds is 3. The average molecular weight is 306 g/mol.